The first-order valence-electron chi connectivity index (χ1n) is 8.61. The molecule has 0 bridgehead atoms. The van der Waals surface area contributed by atoms with E-state index < -0.39 is 0 Å². The molecule has 120 valence electrons. The van der Waals surface area contributed by atoms with Gasteiger partial charge < -0.3 is 10.4 Å². The Labute approximate surface area is 133 Å². The summed E-state index contributed by atoms with van der Waals surface area (Å²) >= 11 is 0. The van der Waals surface area contributed by atoms with E-state index in [9.17, 15) is 4.79 Å². The van der Waals surface area contributed by atoms with E-state index >= 15 is 0 Å². The van der Waals surface area contributed by atoms with Crippen LogP contribution < -0.4 is 5.32 Å². The summed E-state index contributed by atoms with van der Waals surface area (Å²) in [7, 11) is 0. The Morgan fingerprint density at radius 3 is 2.50 bits per heavy atom. The molecule has 0 aromatic heterocycles. The summed E-state index contributed by atoms with van der Waals surface area (Å²) in [5.74, 6) is 1.84. The molecule has 0 heterocycles. The van der Waals surface area contributed by atoms with Crippen molar-refractivity contribution < 1.29 is 9.90 Å². The van der Waals surface area contributed by atoms with Crippen LogP contribution in [0.25, 0.3) is 0 Å². The maximum Gasteiger partial charge on any atom is 0.223 e. The fourth-order valence-electron chi connectivity index (χ4n) is 3.33. The fourth-order valence-corrected chi connectivity index (χ4v) is 3.33. The van der Waals surface area contributed by atoms with Crippen molar-refractivity contribution in [3.63, 3.8) is 0 Å². The Morgan fingerprint density at radius 1 is 1.27 bits per heavy atom. The second-order valence-electron chi connectivity index (χ2n) is 7.23. The second-order valence-corrected chi connectivity index (χ2v) is 7.23. The highest BCUT2D eigenvalue weighted by Gasteiger charge is 2.45. The summed E-state index contributed by atoms with van der Waals surface area (Å²) in [6.07, 6.45) is 4.03. The minimum atomic E-state index is 0.129. The van der Waals surface area contributed by atoms with Crippen LogP contribution >= 0.6 is 0 Å². The lowest BCUT2D eigenvalue weighted by molar-refractivity contribution is -0.123. The summed E-state index contributed by atoms with van der Waals surface area (Å²) < 4.78 is 0. The van der Waals surface area contributed by atoms with E-state index in [0.717, 1.165) is 6.42 Å². The Bertz CT molecular complexity index is 519. The summed E-state index contributed by atoms with van der Waals surface area (Å²) in [4.78, 5) is 12.4. The first kappa shape index (κ1) is 15.5. The van der Waals surface area contributed by atoms with Crippen molar-refractivity contribution in [1.29, 1.82) is 0 Å². The zero-order valence-electron chi connectivity index (χ0n) is 13.6. The summed E-state index contributed by atoms with van der Waals surface area (Å²) in [5, 5.41) is 12.3. The third kappa shape index (κ3) is 3.52. The van der Waals surface area contributed by atoms with Gasteiger partial charge in [-0.2, -0.15) is 0 Å². The number of nitrogens with one attached hydrogen (secondary N) is 1. The second kappa shape index (κ2) is 6.41. The van der Waals surface area contributed by atoms with Gasteiger partial charge in [-0.15, -0.1) is 0 Å². The molecule has 0 saturated heterocycles. The number of amides is 1. The van der Waals surface area contributed by atoms with E-state index in [-0.39, 0.29) is 24.5 Å². The van der Waals surface area contributed by atoms with Crippen LogP contribution in [0, 0.1) is 11.8 Å². The van der Waals surface area contributed by atoms with Crippen LogP contribution in [0.1, 0.15) is 62.5 Å². The van der Waals surface area contributed by atoms with Crippen molar-refractivity contribution in [3.8, 4) is 0 Å². The van der Waals surface area contributed by atoms with Crippen LogP contribution in [-0.2, 0) is 4.79 Å². The summed E-state index contributed by atoms with van der Waals surface area (Å²) in [5.41, 5.74) is 2.64. The van der Waals surface area contributed by atoms with Crippen molar-refractivity contribution in [2.45, 2.75) is 57.4 Å². The van der Waals surface area contributed by atoms with Gasteiger partial charge in [-0.1, -0.05) is 38.1 Å². The SMILES string of the molecule is CC(C)c1ccc(C2CC2C(=O)NC(CCO)C2CC2)cc1. The zero-order chi connectivity index (χ0) is 15.7. The van der Waals surface area contributed by atoms with Crippen molar-refractivity contribution in [2.24, 2.45) is 11.8 Å². The van der Waals surface area contributed by atoms with Gasteiger partial charge in [-0.25, -0.2) is 0 Å². The van der Waals surface area contributed by atoms with E-state index in [0.29, 0.717) is 24.2 Å². The largest absolute Gasteiger partial charge is 0.396 e. The van der Waals surface area contributed by atoms with Crippen LogP contribution in [0.4, 0.5) is 0 Å². The molecular weight excluding hydrogens is 274 g/mol. The molecule has 3 atom stereocenters. The molecule has 2 fully saturated rings. The predicted molar refractivity (Wildman–Crippen MR) is 87.7 cm³/mol. The van der Waals surface area contributed by atoms with Gasteiger partial charge in [0.05, 0.1) is 0 Å². The highest BCUT2D eigenvalue weighted by molar-refractivity contribution is 5.83. The van der Waals surface area contributed by atoms with E-state index in [4.69, 9.17) is 5.11 Å². The number of carbonyl (C=O) groups is 1. The molecule has 2 aliphatic carbocycles. The van der Waals surface area contributed by atoms with Gasteiger partial charge in [0, 0.05) is 18.6 Å². The van der Waals surface area contributed by atoms with Gasteiger partial charge >= 0.3 is 0 Å². The number of benzene rings is 1. The third-order valence-corrected chi connectivity index (χ3v) is 5.12. The topological polar surface area (TPSA) is 49.3 Å². The lowest BCUT2D eigenvalue weighted by Gasteiger charge is -2.17. The molecule has 3 rings (SSSR count). The molecule has 22 heavy (non-hydrogen) atoms. The van der Waals surface area contributed by atoms with E-state index in [1.165, 1.54) is 24.0 Å². The summed E-state index contributed by atoms with van der Waals surface area (Å²) in [6, 6.07) is 8.92. The quantitative estimate of drug-likeness (QED) is 0.812. The van der Waals surface area contributed by atoms with Gasteiger partial charge in [0.2, 0.25) is 5.91 Å². The molecule has 1 amide bonds. The van der Waals surface area contributed by atoms with Crippen molar-refractivity contribution in [3.05, 3.63) is 35.4 Å². The predicted octanol–water partition coefficient (Wildman–Crippen LogP) is 3.19. The minimum Gasteiger partial charge on any atom is -0.396 e. The van der Waals surface area contributed by atoms with Gasteiger partial charge in [0.15, 0.2) is 0 Å². The smallest absolute Gasteiger partial charge is 0.223 e. The molecule has 0 radical (unpaired) electrons. The lowest BCUT2D eigenvalue weighted by Crippen LogP contribution is -2.38. The average molecular weight is 301 g/mol. The molecule has 1 aromatic rings. The van der Waals surface area contributed by atoms with Gasteiger partial charge in [0.25, 0.3) is 0 Å². The molecule has 3 unspecified atom stereocenters. The van der Waals surface area contributed by atoms with Crippen LogP contribution in [0.15, 0.2) is 24.3 Å². The number of hydrogen-bond acceptors (Lipinski definition) is 2. The van der Waals surface area contributed by atoms with Crippen molar-refractivity contribution >= 4 is 5.91 Å². The van der Waals surface area contributed by atoms with Crippen LogP contribution in [0.3, 0.4) is 0 Å². The first-order chi connectivity index (χ1) is 10.6. The van der Waals surface area contributed by atoms with E-state index in [1.54, 1.807) is 0 Å². The van der Waals surface area contributed by atoms with Crippen molar-refractivity contribution in [2.75, 3.05) is 6.61 Å². The average Bonchev–Trinajstić information content (AvgIpc) is 3.39. The minimum absolute atomic E-state index is 0.129. The number of aliphatic hydroxyl groups excluding tert-OH is 1. The van der Waals surface area contributed by atoms with Gasteiger partial charge in [0.1, 0.15) is 0 Å². The molecule has 3 nitrogen and oxygen atoms in total. The van der Waals surface area contributed by atoms with Gasteiger partial charge in [-0.05, 0) is 54.6 Å². The van der Waals surface area contributed by atoms with E-state index in [2.05, 4.69) is 43.4 Å². The zero-order valence-corrected chi connectivity index (χ0v) is 13.6. The maximum absolute atomic E-state index is 12.4. The third-order valence-electron chi connectivity index (χ3n) is 5.12. The number of carbonyl (C=O) groups excluding carboxylic acids is 1. The molecule has 0 spiro atoms. The number of rotatable bonds is 7. The van der Waals surface area contributed by atoms with Crippen LogP contribution in [-0.4, -0.2) is 23.7 Å². The Morgan fingerprint density at radius 2 is 1.95 bits per heavy atom. The number of hydrogen-bond donors (Lipinski definition) is 2. The lowest BCUT2D eigenvalue weighted by atomic mass is 10.00. The molecule has 1 aromatic carbocycles. The van der Waals surface area contributed by atoms with Gasteiger partial charge in [-0.3, -0.25) is 4.79 Å². The molecule has 0 aliphatic heterocycles. The Kier molecular flexibility index (Phi) is 4.53. The normalized spacial score (nSPS) is 25.1. The molecule has 2 aliphatic rings. The Balaban J connectivity index is 1.55. The molecule has 2 N–H and O–H groups in total. The number of aliphatic hydroxyl groups is 1. The van der Waals surface area contributed by atoms with E-state index in [1.807, 2.05) is 0 Å². The molecule has 2 saturated carbocycles. The van der Waals surface area contributed by atoms with Crippen molar-refractivity contribution in [1.82, 2.24) is 5.32 Å². The fraction of sp³-hybridized carbons (Fsp3) is 0.632. The highest BCUT2D eigenvalue weighted by atomic mass is 16.3. The standard InChI is InChI=1S/C19H27NO2/c1-12(2)13-3-5-14(6-4-13)16-11-17(16)19(22)20-18(9-10-21)15-7-8-15/h3-6,12,15-18,21H,7-11H2,1-2H3,(H,20,22). The first-order valence-corrected chi connectivity index (χ1v) is 8.61. The monoisotopic (exact) mass is 301 g/mol. The molecular formula is C19H27NO2. The molecule has 3 heteroatoms. The summed E-state index contributed by atoms with van der Waals surface area (Å²) in [6.45, 7) is 4.55. The Hall–Kier alpha value is -1.35. The van der Waals surface area contributed by atoms with Crippen LogP contribution in [0.2, 0.25) is 0 Å². The maximum atomic E-state index is 12.4. The highest BCUT2D eigenvalue weighted by Crippen LogP contribution is 2.48. The van der Waals surface area contributed by atoms with Crippen LogP contribution in [0.5, 0.6) is 0 Å².